The third-order valence-corrected chi connectivity index (χ3v) is 1.71. The van der Waals surface area contributed by atoms with Crippen LogP contribution in [-0.4, -0.2) is 18.3 Å². The second-order valence-electron chi connectivity index (χ2n) is 2.77. The number of nitrogens with one attached hydrogen (secondary N) is 1. The first-order valence-corrected chi connectivity index (χ1v) is 4.16. The van der Waals surface area contributed by atoms with Gasteiger partial charge in [0, 0.05) is 6.42 Å². The van der Waals surface area contributed by atoms with Gasteiger partial charge >= 0.3 is 0 Å². The Balaban J connectivity index is 2.13. The lowest BCUT2D eigenvalue weighted by Gasteiger charge is -1.98. The van der Waals surface area contributed by atoms with Crippen molar-refractivity contribution < 1.29 is 4.79 Å². The second-order valence-corrected chi connectivity index (χ2v) is 2.77. The van der Waals surface area contributed by atoms with Crippen molar-refractivity contribution in [2.75, 3.05) is 6.54 Å². The molecular formula is C8H14N2O. The summed E-state index contributed by atoms with van der Waals surface area (Å²) >= 11 is 0. The molecule has 0 aromatic heterocycles. The molecule has 0 saturated heterocycles. The molecule has 1 heterocycles. The lowest BCUT2D eigenvalue weighted by molar-refractivity contribution is -0.117. The molecule has 0 saturated carbocycles. The van der Waals surface area contributed by atoms with E-state index >= 15 is 0 Å². The second kappa shape index (κ2) is 4.11. The van der Waals surface area contributed by atoms with Crippen LogP contribution in [0.3, 0.4) is 0 Å². The summed E-state index contributed by atoms with van der Waals surface area (Å²) in [6.07, 6.45) is 4.49. The van der Waals surface area contributed by atoms with Crippen molar-refractivity contribution in [3.8, 4) is 0 Å². The van der Waals surface area contributed by atoms with E-state index in [2.05, 4.69) is 17.2 Å². The van der Waals surface area contributed by atoms with E-state index in [1.807, 2.05) is 0 Å². The first-order valence-electron chi connectivity index (χ1n) is 4.16. The normalized spacial score (nSPS) is 16.5. The van der Waals surface area contributed by atoms with Gasteiger partial charge in [0.25, 0.3) is 0 Å². The largest absolute Gasteiger partial charge is 0.313 e. The highest BCUT2D eigenvalue weighted by atomic mass is 16.2. The summed E-state index contributed by atoms with van der Waals surface area (Å²) in [6.45, 7) is 2.50. The Morgan fingerprint density at radius 3 is 2.91 bits per heavy atom. The van der Waals surface area contributed by atoms with Gasteiger partial charge in [-0.3, -0.25) is 9.79 Å². The van der Waals surface area contributed by atoms with Gasteiger partial charge in [0.15, 0.2) is 0 Å². The van der Waals surface area contributed by atoms with E-state index in [1.54, 1.807) is 0 Å². The van der Waals surface area contributed by atoms with Crippen molar-refractivity contribution >= 4 is 11.7 Å². The van der Waals surface area contributed by atoms with Gasteiger partial charge in [-0.15, -0.1) is 0 Å². The molecule has 0 aromatic carbocycles. The van der Waals surface area contributed by atoms with Crippen LogP contribution in [0.5, 0.6) is 0 Å². The van der Waals surface area contributed by atoms with Crippen LogP contribution in [0.25, 0.3) is 0 Å². The molecule has 0 spiro atoms. The molecule has 0 unspecified atom stereocenters. The average Bonchev–Trinajstić information content (AvgIpc) is 2.37. The van der Waals surface area contributed by atoms with Crippen molar-refractivity contribution in [1.29, 1.82) is 0 Å². The Morgan fingerprint density at radius 2 is 2.36 bits per heavy atom. The monoisotopic (exact) mass is 154 g/mol. The fourth-order valence-corrected chi connectivity index (χ4v) is 1.09. The van der Waals surface area contributed by atoms with Gasteiger partial charge in [0.05, 0.1) is 0 Å². The number of amides is 1. The minimum Gasteiger partial charge on any atom is -0.313 e. The number of amidine groups is 1. The van der Waals surface area contributed by atoms with Crippen LogP contribution in [0, 0.1) is 0 Å². The number of hydrogen-bond donors (Lipinski definition) is 1. The summed E-state index contributed by atoms with van der Waals surface area (Å²) in [6, 6.07) is 0. The molecule has 62 valence electrons. The average molecular weight is 154 g/mol. The number of aliphatic imine (C=N–C) groups is 1. The van der Waals surface area contributed by atoms with E-state index in [4.69, 9.17) is 0 Å². The van der Waals surface area contributed by atoms with Crippen LogP contribution < -0.4 is 5.32 Å². The third-order valence-electron chi connectivity index (χ3n) is 1.71. The number of nitrogens with zero attached hydrogens (tertiary/aromatic N) is 1. The SMILES string of the molecule is CCCCCC1=NCC(=O)N1. The molecule has 1 amide bonds. The number of unbranched alkanes of at least 4 members (excludes halogenated alkanes) is 2. The molecule has 0 aromatic rings. The number of carbonyl (C=O) groups is 1. The third kappa shape index (κ3) is 2.70. The van der Waals surface area contributed by atoms with Crippen LogP contribution in [-0.2, 0) is 4.79 Å². The Bertz CT molecular complexity index is 175. The van der Waals surface area contributed by atoms with Crippen LogP contribution in [0.2, 0.25) is 0 Å². The quantitative estimate of drug-likeness (QED) is 0.605. The topological polar surface area (TPSA) is 41.5 Å². The van der Waals surface area contributed by atoms with E-state index in [9.17, 15) is 4.79 Å². The van der Waals surface area contributed by atoms with Gasteiger partial charge in [-0.1, -0.05) is 19.8 Å². The highest BCUT2D eigenvalue weighted by Gasteiger charge is 2.11. The van der Waals surface area contributed by atoms with Crippen LogP contribution in [0.1, 0.15) is 32.6 Å². The maximum Gasteiger partial charge on any atom is 0.246 e. The van der Waals surface area contributed by atoms with Crippen molar-refractivity contribution in [1.82, 2.24) is 5.32 Å². The summed E-state index contributed by atoms with van der Waals surface area (Å²) in [4.78, 5) is 14.7. The summed E-state index contributed by atoms with van der Waals surface area (Å²) in [5.41, 5.74) is 0. The lowest BCUT2D eigenvalue weighted by Crippen LogP contribution is -2.24. The zero-order valence-electron chi connectivity index (χ0n) is 6.89. The van der Waals surface area contributed by atoms with E-state index in [1.165, 1.54) is 12.8 Å². The molecule has 0 radical (unpaired) electrons. The predicted molar refractivity (Wildman–Crippen MR) is 44.6 cm³/mol. The number of rotatable bonds is 4. The summed E-state index contributed by atoms with van der Waals surface area (Å²) in [5.74, 6) is 0.917. The van der Waals surface area contributed by atoms with Crippen LogP contribution in [0.15, 0.2) is 4.99 Å². The van der Waals surface area contributed by atoms with Crippen molar-refractivity contribution in [2.45, 2.75) is 32.6 Å². The van der Waals surface area contributed by atoms with Gasteiger partial charge in [0.2, 0.25) is 5.91 Å². The molecule has 0 fully saturated rings. The summed E-state index contributed by atoms with van der Waals surface area (Å²) in [7, 11) is 0. The summed E-state index contributed by atoms with van der Waals surface area (Å²) < 4.78 is 0. The standard InChI is InChI=1S/C8H14N2O/c1-2-3-4-5-7-9-6-8(11)10-7/h2-6H2,1H3,(H,9,10,11). The molecule has 11 heavy (non-hydrogen) atoms. The lowest BCUT2D eigenvalue weighted by atomic mass is 10.2. The van der Waals surface area contributed by atoms with Gasteiger partial charge in [-0.25, -0.2) is 0 Å². The van der Waals surface area contributed by atoms with Gasteiger partial charge in [-0.05, 0) is 6.42 Å². The molecule has 3 nitrogen and oxygen atoms in total. The van der Waals surface area contributed by atoms with Crippen molar-refractivity contribution in [3.63, 3.8) is 0 Å². The molecule has 1 rings (SSSR count). The fourth-order valence-electron chi connectivity index (χ4n) is 1.09. The van der Waals surface area contributed by atoms with Crippen LogP contribution in [0.4, 0.5) is 0 Å². The van der Waals surface area contributed by atoms with Gasteiger partial charge < -0.3 is 5.32 Å². The fraction of sp³-hybridized carbons (Fsp3) is 0.750. The number of hydrogen-bond acceptors (Lipinski definition) is 2. The predicted octanol–water partition coefficient (Wildman–Crippen LogP) is 1.09. The summed E-state index contributed by atoms with van der Waals surface area (Å²) in [5, 5.41) is 2.72. The zero-order chi connectivity index (χ0) is 8.10. The number of carbonyl (C=O) groups excluding carboxylic acids is 1. The Kier molecular flexibility index (Phi) is 3.08. The molecule has 0 bridgehead atoms. The maximum absolute atomic E-state index is 10.7. The molecule has 3 heteroatoms. The molecule has 0 atom stereocenters. The Morgan fingerprint density at radius 1 is 1.55 bits per heavy atom. The Labute approximate surface area is 66.9 Å². The van der Waals surface area contributed by atoms with E-state index < -0.39 is 0 Å². The molecule has 1 aliphatic rings. The van der Waals surface area contributed by atoms with Crippen molar-refractivity contribution in [3.05, 3.63) is 0 Å². The van der Waals surface area contributed by atoms with Gasteiger partial charge in [-0.2, -0.15) is 0 Å². The zero-order valence-corrected chi connectivity index (χ0v) is 6.89. The minimum atomic E-state index is 0.0384. The molecule has 0 aliphatic carbocycles. The first kappa shape index (κ1) is 8.24. The highest BCUT2D eigenvalue weighted by molar-refractivity contribution is 6.03. The highest BCUT2D eigenvalue weighted by Crippen LogP contribution is 2.01. The van der Waals surface area contributed by atoms with E-state index in [-0.39, 0.29) is 5.91 Å². The van der Waals surface area contributed by atoms with Gasteiger partial charge in [0.1, 0.15) is 12.4 Å². The first-order chi connectivity index (χ1) is 5.33. The minimum absolute atomic E-state index is 0.0384. The molecular weight excluding hydrogens is 140 g/mol. The van der Waals surface area contributed by atoms with E-state index in [0.29, 0.717) is 6.54 Å². The smallest absolute Gasteiger partial charge is 0.246 e. The Hall–Kier alpha value is -0.860. The maximum atomic E-state index is 10.7. The molecule has 1 aliphatic heterocycles. The van der Waals surface area contributed by atoms with Crippen LogP contribution >= 0.6 is 0 Å². The van der Waals surface area contributed by atoms with Crippen molar-refractivity contribution in [2.24, 2.45) is 4.99 Å². The van der Waals surface area contributed by atoms with E-state index in [0.717, 1.165) is 18.7 Å². The molecule has 1 N–H and O–H groups in total.